The van der Waals surface area contributed by atoms with Gasteiger partial charge in [-0.05, 0) is 29.3 Å². The molecule has 0 saturated carbocycles. The minimum atomic E-state index is -0.494. The molecule has 3 heterocycles. The number of aromatic nitrogens is 2. The highest BCUT2D eigenvalue weighted by Gasteiger charge is 2.42. The van der Waals surface area contributed by atoms with Crippen molar-refractivity contribution in [2.24, 2.45) is 11.7 Å². The van der Waals surface area contributed by atoms with Crippen molar-refractivity contribution in [2.75, 3.05) is 13.1 Å². The Morgan fingerprint density at radius 2 is 2.32 bits per heavy atom. The van der Waals surface area contributed by atoms with Crippen LogP contribution in [-0.4, -0.2) is 39.9 Å². The molecule has 1 aliphatic rings. The average molecular weight is 320 g/mol. The molecule has 0 bridgehead atoms. The zero-order chi connectivity index (χ0) is 15.7. The van der Waals surface area contributed by atoms with Gasteiger partial charge < -0.3 is 15.2 Å². The van der Waals surface area contributed by atoms with E-state index < -0.39 is 11.8 Å². The number of primary amides is 1. The van der Waals surface area contributed by atoms with E-state index in [1.54, 1.807) is 23.2 Å². The van der Waals surface area contributed by atoms with Crippen molar-refractivity contribution in [1.82, 2.24) is 15.0 Å². The molecule has 0 radical (unpaired) electrons. The van der Waals surface area contributed by atoms with Gasteiger partial charge in [-0.25, -0.2) is 0 Å². The monoisotopic (exact) mass is 320 g/mol. The van der Waals surface area contributed by atoms with Gasteiger partial charge in [0.05, 0.1) is 18.3 Å². The molecule has 8 heteroatoms. The first-order valence-corrected chi connectivity index (χ1v) is 7.87. The largest absolute Gasteiger partial charge is 0.369 e. The van der Waals surface area contributed by atoms with Crippen molar-refractivity contribution in [3.8, 4) is 0 Å². The van der Waals surface area contributed by atoms with Crippen molar-refractivity contribution < 1.29 is 14.1 Å². The van der Waals surface area contributed by atoms with Gasteiger partial charge in [-0.3, -0.25) is 9.59 Å². The summed E-state index contributed by atoms with van der Waals surface area (Å²) in [7, 11) is 0. The molecule has 1 saturated heterocycles. The number of likely N-dealkylation sites (tertiary alicyclic amines) is 1. The zero-order valence-corrected chi connectivity index (χ0v) is 12.9. The summed E-state index contributed by atoms with van der Waals surface area (Å²) in [5.41, 5.74) is 6.44. The fraction of sp³-hybridized carbons (Fsp3) is 0.429. The topological polar surface area (TPSA) is 102 Å². The van der Waals surface area contributed by atoms with Gasteiger partial charge in [0.1, 0.15) is 0 Å². The van der Waals surface area contributed by atoms with Crippen LogP contribution >= 0.6 is 11.3 Å². The summed E-state index contributed by atoms with van der Waals surface area (Å²) in [4.78, 5) is 29.9. The highest BCUT2D eigenvalue weighted by molar-refractivity contribution is 7.07. The molecule has 2 aromatic rings. The lowest BCUT2D eigenvalue weighted by Crippen LogP contribution is -2.32. The number of nitrogens with zero attached hydrogens (tertiary/aromatic N) is 3. The molecule has 2 atom stereocenters. The molecule has 2 N–H and O–H groups in total. The summed E-state index contributed by atoms with van der Waals surface area (Å²) >= 11 is 1.55. The summed E-state index contributed by atoms with van der Waals surface area (Å²) < 4.78 is 5.16. The number of rotatable bonds is 4. The maximum absolute atomic E-state index is 12.4. The second kappa shape index (κ2) is 5.88. The van der Waals surface area contributed by atoms with E-state index in [0.717, 1.165) is 5.56 Å². The lowest BCUT2D eigenvalue weighted by atomic mass is 9.95. The lowest BCUT2D eigenvalue weighted by Gasteiger charge is -2.15. The highest BCUT2D eigenvalue weighted by Crippen LogP contribution is 2.32. The SMILES string of the molecule is Cc1noc([C@@H]2CN(C(=O)Cc3ccsc3)C[C@H]2C(N)=O)n1. The Hall–Kier alpha value is -2.22. The van der Waals surface area contributed by atoms with Gasteiger partial charge in [0.15, 0.2) is 5.82 Å². The van der Waals surface area contributed by atoms with E-state index in [2.05, 4.69) is 10.1 Å². The van der Waals surface area contributed by atoms with Crippen molar-refractivity contribution in [1.29, 1.82) is 0 Å². The molecule has 0 aliphatic carbocycles. The summed E-state index contributed by atoms with van der Waals surface area (Å²) in [5.74, 6) is -0.431. The molecule has 2 amide bonds. The Labute approximate surface area is 131 Å². The molecule has 0 spiro atoms. The number of nitrogens with two attached hydrogens (primary N) is 1. The minimum absolute atomic E-state index is 0.0246. The molecule has 22 heavy (non-hydrogen) atoms. The third-order valence-corrected chi connectivity index (χ3v) is 4.57. The van der Waals surface area contributed by atoms with Gasteiger partial charge in [-0.2, -0.15) is 16.3 Å². The molecule has 116 valence electrons. The van der Waals surface area contributed by atoms with E-state index in [9.17, 15) is 9.59 Å². The van der Waals surface area contributed by atoms with Gasteiger partial charge in [0, 0.05) is 13.1 Å². The fourth-order valence-electron chi connectivity index (χ4n) is 2.69. The Morgan fingerprint density at radius 3 is 2.91 bits per heavy atom. The molecular formula is C14H16N4O3S. The van der Waals surface area contributed by atoms with E-state index >= 15 is 0 Å². The van der Waals surface area contributed by atoms with Crippen molar-refractivity contribution >= 4 is 23.2 Å². The summed E-state index contributed by atoms with van der Waals surface area (Å²) in [6, 6.07) is 1.92. The van der Waals surface area contributed by atoms with E-state index in [4.69, 9.17) is 10.3 Å². The van der Waals surface area contributed by atoms with E-state index in [-0.39, 0.29) is 11.8 Å². The zero-order valence-electron chi connectivity index (χ0n) is 12.1. The van der Waals surface area contributed by atoms with Crippen LogP contribution in [-0.2, 0) is 16.0 Å². The Kier molecular flexibility index (Phi) is 3.93. The van der Waals surface area contributed by atoms with Crippen LogP contribution in [0.1, 0.15) is 23.2 Å². The summed E-state index contributed by atoms with van der Waals surface area (Å²) in [6.45, 7) is 2.38. The maximum Gasteiger partial charge on any atom is 0.232 e. The van der Waals surface area contributed by atoms with Crippen molar-refractivity contribution in [2.45, 2.75) is 19.3 Å². The quantitative estimate of drug-likeness (QED) is 0.894. The molecule has 1 aliphatic heterocycles. The molecule has 7 nitrogen and oxygen atoms in total. The standard InChI is InChI=1S/C14H16N4O3S/c1-8-16-14(21-17-8)11-6-18(5-10(11)13(15)20)12(19)4-9-2-3-22-7-9/h2-3,7,10-11H,4-6H2,1H3,(H2,15,20)/t10-,11-/m1/s1. The number of thiophene rings is 1. The third kappa shape index (κ3) is 2.87. The van der Waals surface area contributed by atoms with Crippen LogP contribution in [0.2, 0.25) is 0 Å². The van der Waals surface area contributed by atoms with Gasteiger partial charge in [-0.1, -0.05) is 5.16 Å². The van der Waals surface area contributed by atoms with Crippen molar-refractivity contribution in [3.05, 3.63) is 34.1 Å². The minimum Gasteiger partial charge on any atom is -0.369 e. The Morgan fingerprint density at radius 1 is 1.50 bits per heavy atom. The van der Waals surface area contributed by atoms with E-state index in [0.29, 0.717) is 31.2 Å². The number of carbonyl (C=O) groups is 2. The third-order valence-electron chi connectivity index (χ3n) is 3.83. The van der Waals surface area contributed by atoms with E-state index in [1.165, 1.54) is 0 Å². The van der Waals surface area contributed by atoms with Crippen LogP contribution in [0.3, 0.4) is 0 Å². The molecular weight excluding hydrogens is 304 g/mol. The van der Waals surface area contributed by atoms with Gasteiger partial charge >= 0.3 is 0 Å². The molecule has 3 rings (SSSR count). The van der Waals surface area contributed by atoms with Crippen LogP contribution in [0.15, 0.2) is 21.3 Å². The molecule has 0 unspecified atom stereocenters. The predicted octanol–water partition coefficient (Wildman–Crippen LogP) is 0.710. The lowest BCUT2D eigenvalue weighted by molar-refractivity contribution is -0.129. The van der Waals surface area contributed by atoms with Gasteiger partial charge in [-0.15, -0.1) is 0 Å². The molecule has 2 aromatic heterocycles. The van der Waals surface area contributed by atoms with E-state index in [1.807, 2.05) is 16.8 Å². The fourth-order valence-corrected chi connectivity index (χ4v) is 3.36. The number of hydrogen-bond acceptors (Lipinski definition) is 6. The number of amides is 2. The number of carbonyl (C=O) groups excluding carboxylic acids is 2. The smallest absolute Gasteiger partial charge is 0.232 e. The van der Waals surface area contributed by atoms with Crippen LogP contribution in [0, 0.1) is 12.8 Å². The van der Waals surface area contributed by atoms with Gasteiger partial charge in [0.2, 0.25) is 17.7 Å². The first kappa shape index (κ1) is 14.7. The summed E-state index contributed by atoms with van der Waals surface area (Å²) in [5, 5.41) is 7.62. The predicted molar refractivity (Wildman–Crippen MR) is 79.1 cm³/mol. The number of hydrogen-bond donors (Lipinski definition) is 1. The Bertz CT molecular complexity index is 682. The van der Waals surface area contributed by atoms with Crippen LogP contribution in [0.5, 0.6) is 0 Å². The maximum atomic E-state index is 12.4. The highest BCUT2D eigenvalue weighted by atomic mass is 32.1. The normalized spacial score (nSPS) is 21.2. The van der Waals surface area contributed by atoms with Crippen LogP contribution < -0.4 is 5.73 Å². The molecule has 1 fully saturated rings. The molecule has 0 aromatic carbocycles. The second-order valence-electron chi connectivity index (χ2n) is 5.40. The van der Waals surface area contributed by atoms with Crippen LogP contribution in [0.4, 0.5) is 0 Å². The first-order valence-electron chi connectivity index (χ1n) is 6.93. The number of aryl methyl sites for hydroxylation is 1. The summed E-state index contributed by atoms with van der Waals surface area (Å²) in [6.07, 6.45) is 0.324. The first-order chi connectivity index (χ1) is 10.5. The second-order valence-corrected chi connectivity index (χ2v) is 6.18. The van der Waals surface area contributed by atoms with Gasteiger partial charge in [0.25, 0.3) is 0 Å². The van der Waals surface area contributed by atoms with Crippen molar-refractivity contribution in [3.63, 3.8) is 0 Å². The van der Waals surface area contributed by atoms with Crippen LogP contribution in [0.25, 0.3) is 0 Å². The Balaban J connectivity index is 1.75. The average Bonchev–Trinajstić information content (AvgIpc) is 3.16.